The highest BCUT2D eigenvalue weighted by atomic mass is 16.5. The normalized spacial score (nSPS) is 12.5. The molecule has 5 heteroatoms. The van der Waals surface area contributed by atoms with Gasteiger partial charge < -0.3 is 15.4 Å². The standard InChI is InChI=1S/C28H26N2O3/c1-19(21-10-4-3-5-11-21)29-28(32)25-14-8-9-15-26(25)30-27(31)20(2)33-24-17-16-22-12-6-7-13-23(22)18-24/h3-20H,1-2H3,(H,29,32)(H,30,31). The molecule has 4 rings (SSSR count). The number of carbonyl (C=O) groups is 2. The first-order valence-electron chi connectivity index (χ1n) is 10.9. The van der Waals surface area contributed by atoms with Gasteiger partial charge in [-0.2, -0.15) is 0 Å². The molecule has 33 heavy (non-hydrogen) atoms. The molecule has 0 heterocycles. The van der Waals surface area contributed by atoms with Gasteiger partial charge in [0.1, 0.15) is 5.75 Å². The quantitative estimate of drug-likeness (QED) is 0.387. The number of nitrogens with one attached hydrogen (secondary N) is 2. The third kappa shape index (κ3) is 5.39. The van der Waals surface area contributed by atoms with E-state index in [4.69, 9.17) is 4.74 Å². The van der Waals surface area contributed by atoms with Crippen molar-refractivity contribution in [2.24, 2.45) is 0 Å². The zero-order chi connectivity index (χ0) is 23.2. The molecular weight excluding hydrogens is 412 g/mol. The van der Waals surface area contributed by atoms with Gasteiger partial charge >= 0.3 is 0 Å². The molecule has 0 saturated heterocycles. The Labute approximate surface area is 193 Å². The van der Waals surface area contributed by atoms with Gasteiger partial charge in [-0.25, -0.2) is 0 Å². The molecular formula is C28H26N2O3. The minimum absolute atomic E-state index is 0.169. The monoisotopic (exact) mass is 438 g/mol. The molecule has 0 bridgehead atoms. The summed E-state index contributed by atoms with van der Waals surface area (Å²) in [6, 6.07) is 30.2. The molecule has 0 fully saturated rings. The Morgan fingerprint density at radius 1 is 0.758 bits per heavy atom. The van der Waals surface area contributed by atoms with E-state index >= 15 is 0 Å². The lowest BCUT2D eigenvalue weighted by atomic mass is 10.1. The number of carbonyl (C=O) groups excluding carboxylic acids is 2. The number of hydrogen-bond acceptors (Lipinski definition) is 3. The number of hydrogen-bond donors (Lipinski definition) is 2. The lowest BCUT2D eigenvalue weighted by molar-refractivity contribution is -0.122. The molecule has 5 nitrogen and oxygen atoms in total. The molecule has 0 saturated carbocycles. The summed E-state index contributed by atoms with van der Waals surface area (Å²) in [5.41, 5.74) is 1.84. The minimum Gasteiger partial charge on any atom is -0.481 e. The van der Waals surface area contributed by atoms with E-state index in [2.05, 4.69) is 10.6 Å². The van der Waals surface area contributed by atoms with E-state index in [-0.39, 0.29) is 17.9 Å². The van der Waals surface area contributed by atoms with Crippen molar-refractivity contribution in [3.05, 3.63) is 108 Å². The van der Waals surface area contributed by atoms with E-state index in [9.17, 15) is 9.59 Å². The Morgan fingerprint density at radius 3 is 2.21 bits per heavy atom. The van der Waals surface area contributed by atoms with Crippen molar-refractivity contribution in [2.45, 2.75) is 26.0 Å². The fourth-order valence-electron chi connectivity index (χ4n) is 3.62. The Morgan fingerprint density at radius 2 is 1.42 bits per heavy atom. The van der Waals surface area contributed by atoms with Crippen molar-refractivity contribution < 1.29 is 14.3 Å². The van der Waals surface area contributed by atoms with Crippen LogP contribution in [0.15, 0.2) is 97.1 Å². The van der Waals surface area contributed by atoms with Crippen LogP contribution in [0.3, 0.4) is 0 Å². The molecule has 2 N–H and O–H groups in total. The number of anilines is 1. The van der Waals surface area contributed by atoms with Crippen LogP contribution in [-0.2, 0) is 4.79 Å². The number of amides is 2. The van der Waals surface area contributed by atoms with Crippen molar-refractivity contribution in [1.29, 1.82) is 0 Å². The van der Waals surface area contributed by atoms with Gasteiger partial charge in [-0.3, -0.25) is 9.59 Å². The molecule has 0 radical (unpaired) electrons. The van der Waals surface area contributed by atoms with Crippen LogP contribution in [0.5, 0.6) is 5.75 Å². The third-order valence-electron chi connectivity index (χ3n) is 5.48. The number of rotatable bonds is 7. The van der Waals surface area contributed by atoms with E-state index in [1.165, 1.54) is 0 Å². The molecule has 4 aromatic carbocycles. The van der Waals surface area contributed by atoms with Crippen molar-refractivity contribution in [3.63, 3.8) is 0 Å². The van der Waals surface area contributed by atoms with Crippen LogP contribution in [0.1, 0.15) is 35.8 Å². The summed E-state index contributed by atoms with van der Waals surface area (Å²) >= 11 is 0. The zero-order valence-corrected chi connectivity index (χ0v) is 18.6. The molecule has 166 valence electrons. The predicted octanol–water partition coefficient (Wildman–Crippen LogP) is 5.74. The summed E-state index contributed by atoms with van der Waals surface area (Å²) in [5, 5.41) is 7.97. The smallest absolute Gasteiger partial charge is 0.265 e. The first-order chi connectivity index (χ1) is 16.0. The number of ether oxygens (including phenoxy) is 1. The molecule has 4 aromatic rings. The van der Waals surface area contributed by atoms with Crippen LogP contribution in [0, 0.1) is 0 Å². The van der Waals surface area contributed by atoms with E-state index in [0.717, 1.165) is 16.3 Å². The molecule has 0 aliphatic carbocycles. The second-order valence-electron chi connectivity index (χ2n) is 7.91. The molecule has 0 aromatic heterocycles. The van der Waals surface area contributed by atoms with Gasteiger partial charge in [0, 0.05) is 0 Å². The van der Waals surface area contributed by atoms with Gasteiger partial charge in [0.15, 0.2) is 6.10 Å². The molecule has 0 spiro atoms. The fraction of sp³-hybridized carbons (Fsp3) is 0.143. The molecule has 2 amide bonds. The van der Waals surface area contributed by atoms with Gasteiger partial charge in [-0.05, 0) is 54.4 Å². The van der Waals surface area contributed by atoms with Gasteiger partial charge in [-0.1, -0.05) is 72.8 Å². The topological polar surface area (TPSA) is 67.4 Å². The Kier molecular flexibility index (Phi) is 6.69. The second kappa shape index (κ2) is 10.0. The number of fused-ring (bicyclic) bond motifs is 1. The highest BCUT2D eigenvalue weighted by Gasteiger charge is 2.19. The van der Waals surface area contributed by atoms with Crippen molar-refractivity contribution in [1.82, 2.24) is 5.32 Å². The van der Waals surface area contributed by atoms with E-state index in [1.807, 2.05) is 79.7 Å². The summed E-state index contributed by atoms with van der Waals surface area (Å²) in [7, 11) is 0. The average Bonchev–Trinajstić information content (AvgIpc) is 2.84. The second-order valence-corrected chi connectivity index (χ2v) is 7.91. The largest absolute Gasteiger partial charge is 0.481 e. The molecule has 0 aliphatic rings. The summed E-state index contributed by atoms with van der Waals surface area (Å²) in [6.45, 7) is 3.61. The van der Waals surface area contributed by atoms with Gasteiger partial charge in [0.05, 0.1) is 17.3 Å². The maximum atomic E-state index is 12.9. The van der Waals surface area contributed by atoms with Gasteiger partial charge in [0.2, 0.25) is 0 Å². The highest BCUT2D eigenvalue weighted by Crippen LogP contribution is 2.22. The summed E-state index contributed by atoms with van der Waals surface area (Å²) in [4.78, 5) is 25.8. The highest BCUT2D eigenvalue weighted by molar-refractivity contribution is 6.04. The van der Waals surface area contributed by atoms with E-state index in [0.29, 0.717) is 17.0 Å². The van der Waals surface area contributed by atoms with E-state index < -0.39 is 6.10 Å². The van der Waals surface area contributed by atoms with Crippen molar-refractivity contribution in [3.8, 4) is 5.75 Å². The summed E-state index contributed by atoms with van der Waals surface area (Å²) in [5.74, 6) is 0.0175. The molecule has 2 unspecified atom stereocenters. The number of benzene rings is 4. The van der Waals surface area contributed by atoms with Crippen LogP contribution in [0.4, 0.5) is 5.69 Å². The van der Waals surface area contributed by atoms with Gasteiger partial charge in [0.25, 0.3) is 11.8 Å². The summed E-state index contributed by atoms with van der Waals surface area (Å²) in [6.07, 6.45) is -0.745. The lowest BCUT2D eigenvalue weighted by Crippen LogP contribution is -2.32. The van der Waals surface area contributed by atoms with Crippen molar-refractivity contribution >= 4 is 28.3 Å². The van der Waals surface area contributed by atoms with Crippen molar-refractivity contribution in [2.75, 3.05) is 5.32 Å². The average molecular weight is 439 g/mol. The predicted molar refractivity (Wildman–Crippen MR) is 131 cm³/mol. The van der Waals surface area contributed by atoms with E-state index in [1.54, 1.807) is 31.2 Å². The number of para-hydroxylation sites is 1. The first-order valence-corrected chi connectivity index (χ1v) is 10.9. The Balaban J connectivity index is 1.43. The zero-order valence-electron chi connectivity index (χ0n) is 18.6. The Hall–Kier alpha value is -4.12. The lowest BCUT2D eigenvalue weighted by Gasteiger charge is -2.18. The van der Waals surface area contributed by atoms with Gasteiger partial charge in [-0.15, -0.1) is 0 Å². The van der Waals surface area contributed by atoms with Crippen LogP contribution in [0.25, 0.3) is 10.8 Å². The van der Waals surface area contributed by atoms with Crippen LogP contribution >= 0.6 is 0 Å². The summed E-state index contributed by atoms with van der Waals surface area (Å²) < 4.78 is 5.87. The van der Waals surface area contributed by atoms with Crippen LogP contribution < -0.4 is 15.4 Å². The fourth-order valence-corrected chi connectivity index (χ4v) is 3.62. The first kappa shape index (κ1) is 22.1. The molecule has 0 aliphatic heterocycles. The molecule has 2 atom stereocenters. The van der Waals surface area contributed by atoms with Crippen LogP contribution in [-0.4, -0.2) is 17.9 Å². The minimum atomic E-state index is -0.745. The third-order valence-corrected chi connectivity index (χ3v) is 5.48. The van der Waals surface area contributed by atoms with Crippen LogP contribution in [0.2, 0.25) is 0 Å². The Bertz CT molecular complexity index is 1270. The maximum absolute atomic E-state index is 12.9. The maximum Gasteiger partial charge on any atom is 0.265 e. The SMILES string of the molecule is CC(Oc1ccc2ccccc2c1)C(=O)Nc1ccccc1C(=O)NC(C)c1ccccc1.